The smallest absolute Gasteiger partial charge is 0.100 e. The number of benzene rings is 1. The molecule has 3 rings (SSSR count). The lowest BCUT2D eigenvalue weighted by Crippen LogP contribution is -2.10. The maximum absolute atomic E-state index is 5.98. The fourth-order valence-corrected chi connectivity index (χ4v) is 2.64. The van der Waals surface area contributed by atoms with Crippen molar-refractivity contribution in [2.75, 3.05) is 6.54 Å². The van der Waals surface area contributed by atoms with Crippen molar-refractivity contribution in [1.29, 1.82) is 0 Å². The first kappa shape index (κ1) is 14.1. The minimum Gasteiger partial charge on any atom is -0.329 e. The van der Waals surface area contributed by atoms with E-state index in [0.717, 1.165) is 41.2 Å². The lowest BCUT2D eigenvalue weighted by molar-refractivity contribution is 0.627. The third-order valence-corrected chi connectivity index (χ3v) is 3.80. The van der Waals surface area contributed by atoms with Crippen molar-refractivity contribution in [3.05, 3.63) is 59.3 Å². The van der Waals surface area contributed by atoms with Crippen molar-refractivity contribution in [2.24, 2.45) is 5.73 Å². The fourth-order valence-electron chi connectivity index (χ4n) is 2.51. The van der Waals surface area contributed by atoms with Gasteiger partial charge in [0.15, 0.2) is 0 Å². The molecule has 0 spiro atoms. The zero-order chi connectivity index (χ0) is 14.7. The van der Waals surface area contributed by atoms with Gasteiger partial charge in [-0.1, -0.05) is 42.0 Å². The van der Waals surface area contributed by atoms with Crippen molar-refractivity contribution >= 4 is 17.2 Å². The van der Waals surface area contributed by atoms with Crippen LogP contribution in [0.3, 0.4) is 0 Å². The molecule has 0 saturated heterocycles. The molecule has 0 bridgehead atoms. The summed E-state index contributed by atoms with van der Waals surface area (Å²) in [7, 11) is 0. The van der Waals surface area contributed by atoms with E-state index >= 15 is 0 Å². The molecule has 2 aromatic rings. The van der Waals surface area contributed by atoms with Crippen molar-refractivity contribution in [3.8, 4) is 11.3 Å². The molecule has 0 fully saturated rings. The molecular formula is C17H18ClN3. The number of rotatable bonds is 4. The van der Waals surface area contributed by atoms with Crippen molar-refractivity contribution < 1.29 is 0 Å². The summed E-state index contributed by atoms with van der Waals surface area (Å²) in [6.07, 6.45) is 10.9. The molecule has 4 heteroatoms. The Bertz CT molecular complexity index is 681. The van der Waals surface area contributed by atoms with Gasteiger partial charge in [-0.2, -0.15) is 5.10 Å². The molecule has 1 aromatic heterocycles. The van der Waals surface area contributed by atoms with Crippen LogP contribution < -0.4 is 5.73 Å². The van der Waals surface area contributed by atoms with E-state index in [1.807, 2.05) is 28.9 Å². The van der Waals surface area contributed by atoms with Gasteiger partial charge in [-0.15, -0.1) is 0 Å². The molecule has 0 unspecified atom stereocenters. The Balaban J connectivity index is 2.07. The van der Waals surface area contributed by atoms with Crippen LogP contribution in [-0.4, -0.2) is 16.3 Å². The third kappa shape index (κ3) is 3.09. The lowest BCUT2D eigenvalue weighted by atomic mass is 9.97. The average molecular weight is 300 g/mol. The molecule has 1 heterocycles. The Labute approximate surface area is 129 Å². The highest BCUT2D eigenvalue weighted by atomic mass is 35.5. The quantitative estimate of drug-likeness (QED) is 0.930. The van der Waals surface area contributed by atoms with Crippen LogP contribution >= 0.6 is 11.6 Å². The zero-order valence-corrected chi connectivity index (χ0v) is 12.6. The van der Waals surface area contributed by atoms with Crippen molar-refractivity contribution in [2.45, 2.75) is 19.4 Å². The SMILES string of the molecule is NCCn1cc(C2=CCCC=C2)c(-c2ccc(Cl)cc2)n1. The molecule has 108 valence electrons. The van der Waals surface area contributed by atoms with Gasteiger partial charge in [0.25, 0.3) is 0 Å². The second-order valence-corrected chi connectivity index (χ2v) is 5.53. The van der Waals surface area contributed by atoms with Gasteiger partial charge in [0.05, 0.1) is 6.54 Å². The predicted molar refractivity (Wildman–Crippen MR) is 88.1 cm³/mol. The molecular weight excluding hydrogens is 282 g/mol. The number of nitrogens with two attached hydrogens (primary N) is 1. The maximum atomic E-state index is 5.98. The van der Waals surface area contributed by atoms with E-state index in [2.05, 4.69) is 24.4 Å². The molecule has 0 radical (unpaired) electrons. The van der Waals surface area contributed by atoms with Crippen LogP contribution in [0.15, 0.2) is 48.7 Å². The number of allylic oxidation sites excluding steroid dienone is 4. The molecule has 2 N–H and O–H groups in total. The van der Waals surface area contributed by atoms with E-state index in [4.69, 9.17) is 22.4 Å². The van der Waals surface area contributed by atoms with Gasteiger partial charge in [-0.3, -0.25) is 4.68 Å². The first-order valence-corrected chi connectivity index (χ1v) is 7.56. The Morgan fingerprint density at radius 3 is 2.67 bits per heavy atom. The summed E-state index contributed by atoms with van der Waals surface area (Å²) in [5, 5.41) is 5.43. The van der Waals surface area contributed by atoms with Gasteiger partial charge in [-0.05, 0) is 30.5 Å². The van der Waals surface area contributed by atoms with E-state index in [-0.39, 0.29) is 0 Å². The number of aromatic nitrogens is 2. The Morgan fingerprint density at radius 2 is 2.00 bits per heavy atom. The van der Waals surface area contributed by atoms with Gasteiger partial charge in [0.2, 0.25) is 0 Å². The molecule has 0 atom stereocenters. The van der Waals surface area contributed by atoms with Crippen LogP contribution in [0, 0.1) is 0 Å². The molecule has 21 heavy (non-hydrogen) atoms. The fraction of sp³-hybridized carbons (Fsp3) is 0.235. The van der Waals surface area contributed by atoms with Gasteiger partial charge in [0.1, 0.15) is 5.69 Å². The normalized spacial score (nSPS) is 14.3. The number of hydrogen-bond acceptors (Lipinski definition) is 2. The van der Waals surface area contributed by atoms with Crippen molar-refractivity contribution in [1.82, 2.24) is 9.78 Å². The minimum absolute atomic E-state index is 0.579. The lowest BCUT2D eigenvalue weighted by Gasteiger charge is -2.07. The van der Waals surface area contributed by atoms with Crippen LogP contribution in [0.25, 0.3) is 16.8 Å². The van der Waals surface area contributed by atoms with Crippen LogP contribution in [0.2, 0.25) is 5.02 Å². The summed E-state index contributed by atoms with van der Waals surface area (Å²) in [4.78, 5) is 0. The summed E-state index contributed by atoms with van der Waals surface area (Å²) in [6.45, 7) is 1.30. The molecule has 0 saturated carbocycles. The number of halogens is 1. The summed E-state index contributed by atoms with van der Waals surface area (Å²) in [5.41, 5.74) is 10.1. The standard InChI is InChI=1S/C17H18ClN3/c18-15-8-6-14(7-9-15)17-16(12-21(20-17)11-10-19)13-4-2-1-3-5-13/h2,4-9,12H,1,3,10-11,19H2. The van der Waals surface area contributed by atoms with E-state index in [1.54, 1.807) is 0 Å². The monoisotopic (exact) mass is 299 g/mol. The summed E-state index contributed by atoms with van der Waals surface area (Å²) >= 11 is 5.98. The molecule has 0 amide bonds. The van der Waals surface area contributed by atoms with Crippen LogP contribution in [0.4, 0.5) is 0 Å². The largest absolute Gasteiger partial charge is 0.329 e. The molecule has 1 aromatic carbocycles. The summed E-state index contributed by atoms with van der Waals surface area (Å²) in [6, 6.07) is 7.81. The van der Waals surface area contributed by atoms with E-state index in [9.17, 15) is 0 Å². The molecule has 1 aliphatic carbocycles. The third-order valence-electron chi connectivity index (χ3n) is 3.54. The van der Waals surface area contributed by atoms with Crippen molar-refractivity contribution in [3.63, 3.8) is 0 Å². The van der Waals surface area contributed by atoms with Crippen LogP contribution in [-0.2, 0) is 6.54 Å². The molecule has 3 nitrogen and oxygen atoms in total. The molecule has 1 aliphatic rings. The number of hydrogen-bond donors (Lipinski definition) is 1. The second-order valence-electron chi connectivity index (χ2n) is 5.09. The van der Waals surface area contributed by atoms with Gasteiger partial charge >= 0.3 is 0 Å². The van der Waals surface area contributed by atoms with E-state index in [0.29, 0.717) is 6.54 Å². The average Bonchev–Trinajstić information content (AvgIpc) is 2.93. The zero-order valence-electron chi connectivity index (χ0n) is 11.8. The summed E-state index contributed by atoms with van der Waals surface area (Å²) < 4.78 is 1.92. The second kappa shape index (κ2) is 6.29. The number of nitrogens with zero attached hydrogens (tertiary/aromatic N) is 2. The van der Waals surface area contributed by atoms with Gasteiger partial charge in [-0.25, -0.2) is 0 Å². The van der Waals surface area contributed by atoms with E-state index in [1.165, 1.54) is 5.57 Å². The highest BCUT2D eigenvalue weighted by molar-refractivity contribution is 6.30. The minimum atomic E-state index is 0.579. The highest BCUT2D eigenvalue weighted by Crippen LogP contribution is 2.31. The van der Waals surface area contributed by atoms with Crippen LogP contribution in [0.1, 0.15) is 18.4 Å². The van der Waals surface area contributed by atoms with Crippen LogP contribution in [0.5, 0.6) is 0 Å². The Kier molecular flexibility index (Phi) is 4.23. The van der Waals surface area contributed by atoms with E-state index < -0.39 is 0 Å². The van der Waals surface area contributed by atoms with Gasteiger partial charge < -0.3 is 5.73 Å². The summed E-state index contributed by atoms with van der Waals surface area (Å²) in [5.74, 6) is 0. The first-order valence-electron chi connectivity index (χ1n) is 7.18. The topological polar surface area (TPSA) is 43.8 Å². The van der Waals surface area contributed by atoms with Gasteiger partial charge in [0, 0.05) is 28.9 Å². The Morgan fingerprint density at radius 1 is 1.19 bits per heavy atom. The maximum Gasteiger partial charge on any atom is 0.100 e. The predicted octanol–water partition coefficient (Wildman–Crippen LogP) is 3.90. The Hall–Kier alpha value is -1.84. The first-order chi connectivity index (χ1) is 10.3. The molecule has 0 aliphatic heterocycles. The highest BCUT2D eigenvalue weighted by Gasteiger charge is 2.14.